The SMILES string of the molecule is C=CC1(C)CC(CC)CCOC1C(C)(C)COC(C)(C)CC. The molecule has 0 N–H and O–H groups in total. The minimum absolute atomic E-state index is 0.0143. The van der Waals surface area contributed by atoms with E-state index in [4.69, 9.17) is 9.47 Å². The molecule has 3 unspecified atom stereocenters. The highest BCUT2D eigenvalue weighted by Gasteiger charge is 2.45. The van der Waals surface area contributed by atoms with Crippen LogP contribution in [0.25, 0.3) is 0 Å². The zero-order valence-corrected chi connectivity index (χ0v) is 16.0. The minimum Gasteiger partial charge on any atom is -0.377 e. The molecule has 2 nitrogen and oxygen atoms in total. The zero-order valence-electron chi connectivity index (χ0n) is 16.0. The number of rotatable bonds is 7. The van der Waals surface area contributed by atoms with Crippen molar-refractivity contribution in [1.29, 1.82) is 0 Å². The Labute approximate surface area is 138 Å². The van der Waals surface area contributed by atoms with Crippen molar-refractivity contribution in [3.05, 3.63) is 12.7 Å². The van der Waals surface area contributed by atoms with E-state index in [0.29, 0.717) is 0 Å². The van der Waals surface area contributed by atoms with Crippen LogP contribution in [0.5, 0.6) is 0 Å². The van der Waals surface area contributed by atoms with Gasteiger partial charge in [0.15, 0.2) is 0 Å². The maximum atomic E-state index is 6.35. The van der Waals surface area contributed by atoms with Crippen LogP contribution in [0.2, 0.25) is 0 Å². The van der Waals surface area contributed by atoms with Crippen LogP contribution in [-0.2, 0) is 9.47 Å². The lowest BCUT2D eigenvalue weighted by Gasteiger charge is -2.45. The van der Waals surface area contributed by atoms with Gasteiger partial charge in [0, 0.05) is 17.4 Å². The van der Waals surface area contributed by atoms with E-state index in [1.807, 2.05) is 0 Å². The summed E-state index contributed by atoms with van der Waals surface area (Å²) < 4.78 is 12.6. The molecule has 22 heavy (non-hydrogen) atoms. The molecule has 1 aliphatic heterocycles. The van der Waals surface area contributed by atoms with Gasteiger partial charge in [-0.15, -0.1) is 6.58 Å². The van der Waals surface area contributed by atoms with Crippen LogP contribution in [0.4, 0.5) is 0 Å². The highest BCUT2D eigenvalue weighted by Crippen LogP contribution is 2.45. The average Bonchev–Trinajstić information content (AvgIpc) is 2.65. The molecule has 0 aromatic heterocycles. The van der Waals surface area contributed by atoms with Gasteiger partial charge in [-0.2, -0.15) is 0 Å². The van der Waals surface area contributed by atoms with E-state index in [1.165, 1.54) is 6.42 Å². The van der Waals surface area contributed by atoms with Crippen LogP contribution in [0.3, 0.4) is 0 Å². The molecule has 2 heteroatoms. The van der Waals surface area contributed by atoms with Gasteiger partial charge in [-0.25, -0.2) is 0 Å². The van der Waals surface area contributed by atoms with Gasteiger partial charge in [-0.3, -0.25) is 0 Å². The molecule has 1 rings (SSSR count). The molecule has 0 radical (unpaired) electrons. The van der Waals surface area contributed by atoms with Crippen molar-refractivity contribution in [1.82, 2.24) is 0 Å². The molecule has 0 spiro atoms. The lowest BCUT2D eigenvalue weighted by atomic mass is 9.67. The summed E-state index contributed by atoms with van der Waals surface area (Å²) in [5.74, 6) is 0.733. The average molecular weight is 311 g/mol. The maximum Gasteiger partial charge on any atom is 0.0735 e. The maximum absolute atomic E-state index is 6.35. The summed E-state index contributed by atoms with van der Waals surface area (Å²) in [4.78, 5) is 0. The predicted octanol–water partition coefficient (Wildman–Crippen LogP) is 5.62. The first-order valence-electron chi connectivity index (χ1n) is 8.99. The molecule has 0 saturated carbocycles. The fourth-order valence-corrected chi connectivity index (χ4v) is 3.59. The van der Waals surface area contributed by atoms with Crippen molar-refractivity contribution in [2.75, 3.05) is 13.2 Å². The molecule has 1 saturated heterocycles. The first-order valence-corrected chi connectivity index (χ1v) is 8.99. The Hall–Kier alpha value is -0.340. The molecule has 0 aromatic rings. The van der Waals surface area contributed by atoms with E-state index in [1.54, 1.807) is 0 Å². The van der Waals surface area contributed by atoms with Gasteiger partial charge >= 0.3 is 0 Å². The Morgan fingerprint density at radius 3 is 2.41 bits per heavy atom. The van der Waals surface area contributed by atoms with Crippen molar-refractivity contribution >= 4 is 0 Å². The van der Waals surface area contributed by atoms with Gasteiger partial charge in [-0.1, -0.05) is 47.1 Å². The number of ether oxygens (including phenoxy) is 2. The fraction of sp³-hybridized carbons (Fsp3) is 0.900. The molecule has 0 aliphatic carbocycles. The monoisotopic (exact) mass is 310 g/mol. The van der Waals surface area contributed by atoms with Gasteiger partial charge in [0.2, 0.25) is 0 Å². The quantitative estimate of drug-likeness (QED) is 0.569. The van der Waals surface area contributed by atoms with Crippen LogP contribution in [0.1, 0.15) is 74.1 Å². The molecule has 1 fully saturated rings. The Morgan fingerprint density at radius 2 is 1.91 bits per heavy atom. The third-order valence-corrected chi connectivity index (χ3v) is 5.58. The van der Waals surface area contributed by atoms with E-state index in [9.17, 15) is 0 Å². The molecule has 1 aliphatic rings. The normalized spacial score (nSPS) is 30.9. The summed E-state index contributed by atoms with van der Waals surface area (Å²) in [5.41, 5.74) is -0.0864. The first kappa shape index (κ1) is 19.7. The van der Waals surface area contributed by atoms with Crippen LogP contribution in [0, 0.1) is 16.7 Å². The second-order valence-corrected chi connectivity index (χ2v) is 8.62. The van der Waals surface area contributed by atoms with E-state index in [0.717, 1.165) is 38.4 Å². The van der Waals surface area contributed by atoms with Crippen LogP contribution >= 0.6 is 0 Å². The minimum atomic E-state index is -0.0709. The Bertz CT molecular complexity index is 359. The molecule has 3 atom stereocenters. The van der Waals surface area contributed by atoms with Gasteiger partial charge in [-0.05, 0) is 39.0 Å². The van der Waals surface area contributed by atoms with Crippen molar-refractivity contribution in [3.8, 4) is 0 Å². The highest BCUT2D eigenvalue weighted by molar-refractivity contribution is 5.04. The van der Waals surface area contributed by atoms with Gasteiger partial charge in [0.25, 0.3) is 0 Å². The summed E-state index contributed by atoms with van der Waals surface area (Å²) in [7, 11) is 0. The summed E-state index contributed by atoms with van der Waals surface area (Å²) >= 11 is 0. The third-order valence-electron chi connectivity index (χ3n) is 5.58. The topological polar surface area (TPSA) is 18.5 Å². The highest BCUT2D eigenvalue weighted by atomic mass is 16.5. The summed E-state index contributed by atoms with van der Waals surface area (Å²) in [6.45, 7) is 21.4. The largest absolute Gasteiger partial charge is 0.377 e. The third kappa shape index (κ3) is 4.83. The summed E-state index contributed by atoms with van der Waals surface area (Å²) in [5, 5.41) is 0. The fourth-order valence-electron chi connectivity index (χ4n) is 3.59. The Kier molecular flexibility index (Phi) is 6.71. The number of hydrogen-bond acceptors (Lipinski definition) is 2. The smallest absolute Gasteiger partial charge is 0.0735 e. The van der Waals surface area contributed by atoms with Gasteiger partial charge < -0.3 is 9.47 Å². The van der Waals surface area contributed by atoms with E-state index in [2.05, 4.69) is 61.1 Å². The molecule has 1 heterocycles. The number of hydrogen-bond donors (Lipinski definition) is 0. The van der Waals surface area contributed by atoms with Gasteiger partial charge in [0.1, 0.15) is 0 Å². The second-order valence-electron chi connectivity index (χ2n) is 8.62. The lowest BCUT2D eigenvalue weighted by Crippen LogP contribution is -2.47. The Balaban J connectivity index is 2.91. The van der Waals surface area contributed by atoms with Crippen molar-refractivity contribution < 1.29 is 9.47 Å². The van der Waals surface area contributed by atoms with Crippen LogP contribution in [-0.4, -0.2) is 24.9 Å². The second kappa shape index (κ2) is 7.49. The van der Waals surface area contributed by atoms with E-state index in [-0.39, 0.29) is 22.5 Å². The van der Waals surface area contributed by atoms with Crippen LogP contribution in [0.15, 0.2) is 12.7 Å². The first-order chi connectivity index (χ1) is 10.1. The molecular formula is C20H38O2. The molecule has 130 valence electrons. The van der Waals surface area contributed by atoms with Gasteiger partial charge in [0.05, 0.1) is 18.3 Å². The molecular weight excluding hydrogens is 272 g/mol. The summed E-state index contributed by atoms with van der Waals surface area (Å²) in [6, 6.07) is 0. The summed E-state index contributed by atoms with van der Waals surface area (Å²) in [6.07, 6.45) is 6.84. The Morgan fingerprint density at radius 1 is 1.27 bits per heavy atom. The van der Waals surface area contributed by atoms with Crippen molar-refractivity contribution in [3.63, 3.8) is 0 Å². The van der Waals surface area contributed by atoms with E-state index >= 15 is 0 Å². The predicted molar refractivity (Wildman–Crippen MR) is 95.2 cm³/mol. The molecule has 0 aromatic carbocycles. The van der Waals surface area contributed by atoms with E-state index < -0.39 is 0 Å². The molecule has 0 amide bonds. The standard InChI is InChI=1S/C20H38O2/c1-9-16-12-13-21-17(20(8,11-3)14-16)18(4,5)15-22-19(6,7)10-2/h11,16-17H,3,9-10,12-15H2,1-2,4-8H3. The zero-order chi connectivity index (χ0) is 17.0. The van der Waals surface area contributed by atoms with Crippen LogP contribution < -0.4 is 0 Å². The lowest BCUT2D eigenvalue weighted by molar-refractivity contribution is -0.132. The van der Waals surface area contributed by atoms with Crippen molar-refractivity contribution in [2.45, 2.75) is 85.9 Å². The van der Waals surface area contributed by atoms with Crippen molar-refractivity contribution in [2.24, 2.45) is 16.7 Å². The molecule has 0 bridgehead atoms.